The van der Waals surface area contributed by atoms with Gasteiger partial charge in [-0.15, -0.1) is 0 Å². The minimum Gasteiger partial charge on any atom is -0.370 e. The number of fused-ring (bicyclic) bond motifs is 1. The monoisotopic (exact) mass is 502 g/mol. The van der Waals surface area contributed by atoms with E-state index in [2.05, 4.69) is 24.5 Å². The number of aromatic nitrogens is 2. The van der Waals surface area contributed by atoms with Crippen molar-refractivity contribution in [3.8, 4) is 5.69 Å². The van der Waals surface area contributed by atoms with Crippen LogP contribution in [-0.2, 0) is 16.0 Å². The molecule has 0 saturated heterocycles. The number of anilines is 2. The number of carbonyl (C=O) groups excluding carboxylic acids is 1. The van der Waals surface area contributed by atoms with Crippen LogP contribution in [0.5, 0.6) is 0 Å². The second kappa shape index (κ2) is 9.95. The summed E-state index contributed by atoms with van der Waals surface area (Å²) < 4.78 is 7.73. The average Bonchev–Trinajstić information content (AvgIpc) is 2.88. The van der Waals surface area contributed by atoms with Crippen molar-refractivity contribution >= 4 is 29.2 Å². The Morgan fingerprint density at radius 3 is 2.67 bits per heavy atom. The molecule has 0 radical (unpaired) electrons. The van der Waals surface area contributed by atoms with Crippen molar-refractivity contribution in [3.05, 3.63) is 87.3 Å². The van der Waals surface area contributed by atoms with Crippen molar-refractivity contribution < 1.29 is 9.53 Å². The van der Waals surface area contributed by atoms with E-state index in [0.29, 0.717) is 29.6 Å². The zero-order chi connectivity index (χ0) is 25.3. The van der Waals surface area contributed by atoms with Gasteiger partial charge in [0.1, 0.15) is 5.82 Å². The number of hydrogen-bond donors (Lipinski definition) is 2. The first-order valence-corrected chi connectivity index (χ1v) is 13.2. The summed E-state index contributed by atoms with van der Waals surface area (Å²) in [5.74, 6) is 0.547. The molecule has 0 spiro atoms. The lowest BCUT2D eigenvalue weighted by Crippen LogP contribution is -2.39. The summed E-state index contributed by atoms with van der Waals surface area (Å²) in [4.78, 5) is 31.3. The first kappa shape index (κ1) is 24.3. The number of para-hydroxylation sites is 1. The molecule has 8 heteroatoms. The van der Waals surface area contributed by atoms with Crippen LogP contribution in [0.3, 0.4) is 0 Å². The maximum atomic E-state index is 13.8. The largest absolute Gasteiger partial charge is 0.370 e. The lowest BCUT2D eigenvalue weighted by molar-refractivity contribution is -0.113. The Labute approximate surface area is 215 Å². The van der Waals surface area contributed by atoms with E-state index in [4.69, 9.17) is 9.72 Å². The molecule has 1 unspecified atom stereocenters. The summed E-state index contributed by atoms with van der Waals surface area (Å²) >= 11 is 1.25. The van der Waals surface area contributed by atoms with E-state index in [9.17, 15) is 9.59 Å². The standard InChI is InChI=1S/C28H30N4O3S/c1-4-28(3)15-23-19(16-35-28)14-22-25(30-23)31-27(32(26(22)34)21-8-6-5-7-9-21)36-17-24(33)29-20-12-10-18(2)11-13-20/h5-13,30H,4,14-17H2,1-3H3,(H,29,33). The number of thioether (sulfide) groups is 1. The highest BCUT2D eigenvalue weighted by Gasteiger charge is 2.35. The van der Waals surface area contributed by atoms with Gasteiger partial charge in [-0.3, -0.25) is 14.2 Å². The van der Waals surface area contributed by atoms with E-state index in [1.807, 2.05) is 61.5 Å². The number of carbonyl (C=O) groups is 1. The quantitative estimate of drug-likeness (QED) is 0.361. The van der Waals surface area contributed by atoms with E-state index in [1.165, 1.54) is 11.8 Å². The summed E-state index contributed by atoms with van der Waals surface area (Å²) in [5, 5.41) is 6.84. The molecule has 1 atom stereocenters. The smallest absolute Gasteiger partial charge is 0.264 e. The summed E-state index contributed by atoms with van der Waals surface area (Å²) in [6.07, 6.45) is 2.16. The molecule has 7 nitrogen and oxygen atoms in total. The third-order valence-electron chi connectivity index (χ3n) is 6.81. The van der Waals surface area contributed by atoms with Crippen LogP contribution in [0, 0.1) is 6.92 Å². The molecule has 2 aliphatic heterocycles. The number of rotatable bonds is 6. The first-order chi connectivity index (χ1) is 17.3. The Kier molecular flexibility index (Phi) is 6.73. The predicted octanol–water partition coefficient (Wildman–Crippen LogP) is 5.08. The Balaban J connectivity index is 1.45. The van der Waals surface area contributed by atoms with Crippen LogP contribution in [0.2, 0.25) is 0 Å². The van der Waals surface area contributed by atoms with Gasteiger partial charge in [-0.05, 0) is 50.1 Å². The maximum absolute atomic E-state index is 13.8. The molecule has 1 aromatic heterocycles. The van der Waals surface area contributed by atoms with Crippen LogP contribution in [0.15, 0.2) is 75.8 Å². The van der Waals surface area contributed by atoms with Crippen molar-refractivity contribution in [2.45, 2.75) is 50.8 Å². The number of nitrogens with one attached hydrogen (secondary N) is 2. The van der Waals surface area contributed by atoms with Crippen molar-refractivity contribution in [1.82, 2.24) is 9.55 Å². The fraction of sp³-hybridized carbons (Fsp3) is 0.321. The molecule has 0 saturated carbocycles. The van der Waals surface area contributed by atoms with E-state index < -0.39 is 0 Å². The number of amides is 1. The Bertz CT molecular complexity index is 1380. The van der Waals surface area contributed by atoms with Gasteiger partial charge < -0.3 is 15.4 Å². The number of hydrogen-bond acceptors (Lipinski definition) is 6. The molecule has 1 amide bonds. The Morgan fingerprint density at radius 1 is 1.19 bits per heavy atom. The topological polar surface area (TPSA) is 85.2 Å². The second-order valence-electron chi connectivity index (χ2n) is 9.55. The Morgan fingerprint density at radius 2 is 1.94 bits per heavy atom. The molecule has 2 aromatic carbocycles. The average molecular weight is 503 g/mol. The van der Waals surface area contributed by atoms with Gasteiger partial charge in [-0.25, -0.2) is 4.98 Å². The minimum absolute atomic E-state index is 0.127. The van der Waals surface area contributed by atoms with Gasteiger partial charge in [-0.1, -0.05) is 54.6 Å². The molecule has 3 aromatic rings. The zero-order valence-corrected chi connectivity index (χ0v) is 21.6. The van der Waals surface area contributed by atoms with Gasteiger partial charge in [0.25, 0.3) is 5.56 Å². The van der Waals surface area contributed by atoms with E-state index >= 15 is 0 Å². The van der Waals surface area contributed by atoms with Gasteiger partial charge in [-0.2, -0.15) is 0 Å². The number of nitrogens with zero attached hydrogens (tertiary/aromatic N) is 2. The van der Waals surface area contributed by atoms with Crippen LogP contribution < -0.4 is 16.2 Å². The lowest BCUT2D eigenvalue weighted by Gasteiger charge is -2.38. The summed E-state index contributed by atoms with van der Waals surface area (Å²) in [5.41, 5.74) is 5.04. The zero-order valence-electron chi connectivity index (χ0n) is 20.8. The predicted molar refractivity (Wildman–Crippen MR) is 144 cm³/mol. The molecule has 36 heavy (non-hydrogen) atoms. The fourth-order valence-corrected chi connectivity index (χ4v) is 5.24. The number of aryl methyl sites for hydroxylation is 1. The number of ether oxygens (including phenoxy) is 1. The van der Waals surface area contributed by atoms with Gasteiger partial charge in [0, 0.05) is 24.2 Å². The van der Waals surface area contributed by atoms with E-state index in [1.54, 1.807) is 4.57 Å². The van der Waals surface area contributed by atoms with Gasteiger partial charge >= 0.3 is 0 Å². The van der Waals surface area contributed by atoms with Crippen molar-refractivity contribution in [2.24, 2.45) is 0 Å². The molecule has 5 rings (SSSR count). The summed E-state index contributed by atoms with van der Waals surface area (Å²) in [6.45, 7) is 6.74. The highest BCUT2D eigenvalue weighted by atomic mass is 32.2. The van der Waals surface area contributed by atoms with E-state index in [0.717, 1.165) is 41.1 Å². The molecule has 0 fully saturated rings. The fourth-order valence-electron chi connectivity index (χ4n) is 4.44. The third kappa shape index (κ3) is 4.96. The van der Waals surface area contributed by atoms with Crippen LogP contribution in [-0.4, -0.2) is 33.4 Å². The molecular weight excluding hydrogens is 472 g/mol. The summed E-state index contributed by atoms with van der Waals surface area (Å²) in [7, 11) is 0. The van der Waals surface area contributed by atoms with Crippen LogP contribution >= 0.6 is 11.8 Å². The van der Waals surface area contributed by atoms with Crippen LogP contribution in [0.4, 0.5) is 11.5 Å². The minimum atomic E-state index is -0.228. The molecule has 0 bridgehead atoms. The second-order valence-corrected chi connectivity index (χ2v) is 10.5. The Hall–Kier alpha value is -3.36. The third-order valence-corrected chi connectivity index (χ3v) is 7.75. The van der Waals surface area contributed by atoms with Crippen LogP contribution in [0.1, 0.15) is 37.8 Å². The SMILES string of the molecule is CCC1(C)CC2=C(CO1)Cc1c(nc(SCC(=O)Nc3ccc(C)cc3)n(-c3ccccc3)c1=O)N2. The molecule has 186 valence electrons. The molecule has 2 N–H and O–H groups in total. The van der Waals surface area contributed by atoms with Gasteiger partial charge in [0.2, 0.25) is 5.91 Å². The van der Waals surface area contributed by atoms with E-state index in [-0.39, 0.29) is 22.8 Å². The number of benzene rings is 2. The highest BCUT2D eigenvalue weighted by Crippen LogP contribution is 2.37. The van der Waals surface area contributed by atoms with Crippen LogP contribution in [0.25, 0.3) is 5.69 Å². The highest BCUT2D eigenvalue weighted by molar-refractivity contribution is 7.99. The maximum Gasteiger partial charge on any atom is 0.264 e. The molecule has 2 aliphatic rings. The first-order valence-electron chi connectivity index (χ1n) is 12.2. The van der Waals surface area contributed by atoms with Gasteiger partial charge in [0.15, 0.2) is 5.16 Å². The van der Waals surface area contributed by atoms with Crippen molar-refractivity contribution in [2.75, 3.05) is 23.0 Å². The van der Waals surface area contributed by atoms with Crippen molar-refractivity contribution in [1.29, 1.82) is 0 Å². The normalized spacial score (nSPS) is 18.8. The summed E-state index contributed by atoms with van der Waals surface area (Å²) in [6, 6.07) is 17.1. The molecule has 3 heterocycles. The van der Waals surface area contributed by atoms with Crippen molar-refractivity contribution in [3.63, 3.8) is 0 Å². The molecular formula is C28H30N4O3S. The lowest BCUT2D eigenvalue weighted by atomic mass is 9.88. The molecule has 0 aliphatic carbocycles. The van der Waals surface area contributed by atoms with Gasteiger partial charge in [0.05, 0.1) is 29.2 Å².